The summed E-state index contributed by atoms with van der Waals surface area (Å²) < 4.78 is 50.5. The first-order valence-electron chi connectivity index (χ1n) is 4.53. The molecular formula is C10H11F4NO. The normalized spacial score (nSPS) is 15.9. The van der Waals surface area contributed by atoms with Crippen molar-refractivity contribution in [2.45, 2.75) is 25.2 Å². The summed E-state index contributed by atoms with van der Waals surface area (Å²) in [5, 5.41) is 9.14. The molecule has 0 aliphatic heterocycles. The van der Waals surface area contributed by atoms with Crippen molar-refractivity contribution in [3.8, 4) is 0 Å². The maximum Gasteiger partial charge on any atom is 0.416 e. The molecule has 0 aromatic heterocycles. The lowest BCUT2D eigenvalue weighted by Gasteiger charge is -2.20. The second kappa shape index (κ2) is 4.39. The minimum atomic E-state index is -4.62. The van der Waals surface area contributed by atoms with E-state index in [-0.39, 0.29) is 0 Å². The van der Waals surface area contributed by atoms with Crippen LogP contribution < -0.4 is 5.73 Å². The molecule has 0 saturated carbocycles. The van der Waals surface area contributed by atoms with Crippen LogP contribution in [0.4, 0.5) is 17.6 Å². The third-order valence-electron chi connectivity index (χ3n) is 2.20. The zero-order valence-corrected chi connectivity index (χ0v) is 8.42. The zero-order valence-electron chi connectivity index (χ0n) is 8.42. The molecular weight excluding hydrogens is 226 g/mol. The van der Waals surface area contributed by atoms with Gasteiger partial charge in [0.2, 0.25) is 0 Å². The number of nitrogens with two attached hydrogens (primary N) is 1. The molecule has 1 aromatic rings. The minimum absolute atomic E-state index is 0.442. The second-order valence-electron chi connectivity index (χ2n) is 3.50. The molecule has 90 valence electrons. The lowest BCUT2D eigenvalue weighted by Crippen LogP contribution is -2.26. The topological polar surface area (TPSA) is 46.2 Å². The third kappa shape index (κ3) is 2.70. The smallest absolute Gasteiger partial charge is 0.391 e. The molecule has 2 nitrogen and oxygen atoms in total. The van der Waals surface area contributed by atoms with E-state index in [0.29, 0.717) is 18.2 Å². The van der Waals surface area contributed by atoms with Gasteiger partial charge in [0.1, 0.15) is 5.82 Å². The third-order valence-corrected chi connectivity index (χ3v) is 2.20. The van der Waals surface area contributed by atoms with Gasteiger partial charge in [-0.2, -0.15) is 13.2 Å². The Morgan fingerprint density at radius 1 is 1.31 bits per heavy atom. The van der Waals surface area contributed by atoms with Crippen LogP contribution >= 0.6 is 0 Å². The van der Waals surface area contributed by atoms with Gasteiger partial charge in [0.05, 0.1) is 17.7 Å². The highest BCUT2D eigenvalue weighted by Crippen LogP contribution is 2.35. The first kappa shape index (κ1) is 12.9. The molecule has 0 heterocycles. The van der Waals surface area contributed by atoms with Crippen LogP contribution in [-0.4, -0.2) is 11.2 Å². The van der Waals surface area contributed by atoms with Crippen LogP contribution in [0.1, 0.15) is 24.1 Å². The van der Waals surface area contributed by atoms with Crippen molar-refractivity contribution in [1.82, 2.24) is 0 Å². The van der Waals surface area contributed by atoms with E-state index in [4.69, 9.17) is 10.8 Å². The van der Waals surface area contributed by atoms with Crippen molar-refractivity contribution < 1.29 is 22.7 Å². The average molecular weight is 237 g/mol. The largest absolute Gasteiger partial charge is 0.416 e. The second-order valence-corrected chi connectivity index (χ2v) is 3.50. The number of aliphatic hydroxyl groups is 1. The molecule has 0 radical (unpaired) electrons. The van der Waals surface area contributed by atoms with Crippen LogP contribution in [-0.2, 0) is 6.18 Å². The highest BCUT2D eigenvalue weighted by Gasteiger charge is 2.35. The number of alkyl halides is 3. The van der Waals surface area contributed by atoms with Gasteiger partial charge in [0, 0.05) is 0 Å². The predicted octanol–water partition coefficient (Wildman–Crippen LogP) is 2.23. The Balaban J connectivity index is 3.29. The Morgan fingerprint density at radius 3 is 2.31 bits per heavy atom. The van der Waals surface area contributed by atoms with Gasteiger partial charge in [-0.1, -0.05) is 0 Å². The van der Waals surface area contributed by atoms with Crippen LogP contribution in [0.5, 0.6) is 0 Å². The molecule has 0 fully saturated rings. The molecule has 0 aliphatic carbocycles. The van der Waals surface area contributed by atoms with Crippen molar-refractivity contribution in [3.05, 3.63) is 35.1 Å². The van der Waals surface area contributed by atoms with E-state index in [1.807, 2.05) is 0 Å². The highest BCUT2D eigenvalue weighted by atomic mass is 19.4. The maximum atomic E-state index is 12.9. The Kier molecular flexibility index (Phi) is 3.54. The van der Waals surface area contributed by atoms with E-state index < -0.39 is 35.3 Å². The monoisotopic (exact) mass is 237 g/mol. The van der Waals surface area contributed by atoms with Gasteiger partial charge in [0.15, 0.2) is 0 Å². The molecule has 2 atom stereocenters. The number of benzene rings is 1. The highest BCUT2D eigenvalue weighted by molar-refractivity contribution is 5.33. The van der Waals surface area contributed by atoms with E-state index >= 15 is 0 Å². The molecule has 1 aromatic carbocycles. The molecule has 16 heavy (non-hydrogen) atoms. The standard InChI is InChI=1S/C10H11F4NO/c1-5(16)9(15)7-4-6(11)2-3-8(7)10(12,13)14/h2-5,9,16H,15H2,1H3/t5-,9-/m0/s1. The van der Waals surface area contributed by atoms with Gasteiger partial charge in [-0.25, -0.2) is 4.39 Å². The molecule has 0 spiro atoms. The van der Waals surface area contributed by atoms with E-state index in [9.17, 15) is 17.6 Å². The van der Waals surface area contributed by atoms with E-state index in [1.165, 1.54) is 6.92 Å². The molecule has 1 rings (SSSR count). The molecule has 6 heteroatoms. The lowest BCUT2D eigenvalue weighted by atomic mass is 9.97. The van der Waals surface area contributed by atoms with E-state index in [1.54, 1.807) is 0 Å². The summed E-state index contributed by atoms with van der Waals surface area (Å²) in [6, 6.07) is 0.751. The summed E-state index contributed by atoms with van der Waals surface area (Å²) >= 11 is 0. The first-order chi connectivity index (χ1) is 7.23. The Hall–Kier alpha value is -1.14. The van der Waals surface area contributed by atoms with E-state index in [2.05, 4.69) is 0 Å². The SMILES string of the molecule is C[C@H](O)[C@H](N)c1cc(F)ccc1C(F)(F)F. The first-order valence-corrected chi connectivity index (χ1v) is 4.53. The summed E-state index contributed by atoms with van der Waals surface area (Å²) in [6.07, 6.45) is -5.81. The summed E-state index contributed by atoms with van der Waals surface area (Å²) in [6.45, 7) is 1.25. The molecule has 0 saturated heterocycles. The van der Waals surface area contributed by atoms with Gasteiger partial charge >= 0.3 is 6.18 Å². The molecule has 0 bridgehead atoms. The number of hydrogen-bond acceptors (Lipinski definition) is 2. The quantitative estimate of drug-likeness (QED) is 0.775. The average Bonchev–Trinajstić information content (AvgIpc) is 2.14. The van der Waals surface area contributed by atoms with Crippen molar-refractivity contribution in [2.24, 2.45) is 5.73 Å². The van der Waals surface area contributed by atoms with Gasteiger partial charge in [-0.15, -0.1) is 0 Å². The zero-order chi connectivity index (χ0) is 12.5. The molecule has 3 N–H and O–H groups in total. The summed E-state index contributed by atoms with van der Waals surface area (Å²) in [7, 11) is 0. The van der Waals surface area contributed by atoms with Gasteiger partial charge in [-0.05, 0) is 30.7 Å². The van der Waals surface area contributed by atoms with E-state index in [0.717, 1.165) is 0 Å². The van der Waals surface area contributed by atoms with Crippen molar-refractivity contribution in [1.29, 1.82) is 0 Å². The van der Waals surface area contributed by atoms with Gasteiger partial charge < -0.3 is 10.8 Å². The van der Waals surface area contributed by atoms with Crippen LogP contribution in [0.15, 0.2) is 18.2 Å². The van der Waals surface area contributed by atoms with Crippen molar-refractivity contribution in [2.75, 3.05) is 0 Å². The predicted molar refractivity (Wildman–Crippen MR) is 50.0 cm³/mol. The van der Waals surface area contributed by atoms with Crippen LogP contribution in [0.25, 0.3) is 0 Å². The molecule has 0 unspecified atom stereocenters. The fourth-order valence-electron chi connectivity index (χ4n) is 1.33. The fourth-order valence-corrected chi connectivity index (χ4v) is 1.33. The lowest BCUT2D eigenvalue weighted by molar-refractivity contribution is -0.138. The Bertz CT molecular complexity index is 376. The van der Waals surface area contributed by atoms with Crippen molar-refractivity contribution in [3.63, 3.8) is 0 Å². The number of aliphatic hydroxyl groups excluding tert-OH is 1. The summed E-state index contributed by atoms with van der Waals surface area (Å²) in [5.41, 5.74) is 3.92. The number of rotatable bonds is 2. The van der Waals surface area contributed by atoms with Crippen molar-refractivity contribution >= 4 is 0 Å². The van der Waals surface area contributed by atoms with Crippen LogP contribution in [0.3, 0.4) is 0 Å². The Morgan fingerprint density at radius 2 is 1.88 bits per heavy atom. The van der Waals surface area contributed by atoms with Crippen LogP contribution in [0.2, 0.25) is 0 Å². The fraction of sp³-hybridized carbons (Fsp3) is 0.400. The van der Waals surface area contributed by atoms with Gasteiger partial charge in [-0.3, -0.25) is 0 Å². The summed E-state index contributed by atoms with van der Waals surface area (Å²) in [5.74, 6) is -0.820. The number of hydrogen-bond donors (Lipinski definition) is 2. The molecule has 0 amide bonds. The Labute approximate surface area is 89.7 Å². The number of halogens is 4. The van der Waals surface area contributed by atoms with Gasteiger partial charge in [0.25, 0.3) is 0 Å². The summed E-state index contributed by atoms with van der Waals surface area (Å²) in [4.78, 5) is 0. The maximum absolute atomic E-state index is 12.9. The minimum Gasteiger partial charge on any atom is -0.391 e. The molecule has 0 aliphatic rings. The van der Waals surface area contributed by atoms with Crippen LogP contribution in [0, 0.1) is 5.82 Å².